The molecule has 0 aromatic carbocycles. The van der Waals surface area contributed by atoms with E-state index in [1.807, 2.05) is 0 Å². The Morgan fingerprint density at radius 1 is 1.80 bits per heavy atom. The first-order valence-corrected chi connectivity index (χ1v) is 2.72. The number of rotatable bonds is 2. The molecule has 1 aliphatic heterocycles. The first-order chi connectivity index (χ1) is 4.74. The zero-order chi connectivity index (χ0) is 7.56. The fourth-order valence-electron chi connectivity index (χ4n) is 0.626. The minimum absolute atomic E-state index is 0.243. The van der Waals surface area contributed by atoms with E-state index in [0.29, 0.717) is 5.57 Å². The van der Waals surface area contributed by atoms with E-state index in [1.54, 1.807) is 6.92 Å². The van der Waals surface area contributed by atoms with E-state index in [1.165, 1.54) is 6.08 Å². The van der Waals surface area contributed by atoms with E-state index < -0.39 is 12.3 Å². The Morgan fingerprint density at radius 2 is 2.50 bits per heavy atom. The minimum atomic E-state index is -0.815. The first kappa shape index (κ1) is 6.80. The van der Waals surface area contributed by atoms with Gasteiger partial charge in [0.1, 0.15) is 0 Å². The van der Waals surface area contributed by atoms with Gasteiger partial charge in [0.15, 0.2) is 0 Å². The van der Waals surface area contributed by atoms with E-state index in [-0.39, 0.29) is 6.47 Å². The molecule has 0 amide bonds. The van der Waals surface area contributed by atoms with Crippen LogP contribution in [0.25, 0.3) is 0 Å². The third-order valence-corrected chi connectivity index (χ3v) is 1.12. The van der Waals surface area contributed by atoms with E-state index in [2.05, 4.69) is 9.47 Å². The maximum Gasteiger partial charge on any atom is 0.336 e. The van der Waals surface area contributed by atoms with Gasteiger partial charge in [-0.2, -0.15) is 0 Å². The number of carbonyl (C=O) groups is 2. The summed E-state index contributed by atoms with van der Waals surface area (Å²) in [6.07, 6.45) is 0.626. The van der Waals surface area contributed by atoms with Crippen molar-refractivity contribution in [2.45, 2.75) is 13.2 Å². The van der Waals surface area contributed by atoms with Crippen molar-refractivity contribution < 1.29 is 19.1 Å². The molecule has 0 bridgehead atoms. The largest absolute Gasteiger partial charge is 0.423 e. The van der Waals surface area contributed by atoms with Crippen molar-refractivity contribution in [2.24, 2.45) is 0 Å². The van der Waals surface area contributed by atoms with Crippen LogP contribution in [0.2, 0.25) is 0 Å². The van der Waals surface area contributed by atoms with Crippen LogP contribution in [0.4, 0.5) is 0 Å². The average molecular weight is 142 g/mol. The number of hydrogen-bond donors (Lipinski definition) is 0. The number of cyclic esters (lactones) is 1. The van der Waals surface area contributed by atoms with Gasteiger partial charge in [-0.1, -0.05) is 0 Å². The molecule has 1 unspecified atom stereocenters. The normalized spacial score (nSPS) is 23.5. The second-order valence-electron chi connectivity index (χ2n) is 1.86. The molecule has 1 aliphatic rings. The highest BCUT2D eigenvalue weighted by Crippen LogP contribution is 2.12. The Morgan fingerprint density at radius 3 is 2.90 bits per heavy atom. The Kier molecular flexibility index (Phi) is 1.71. The van der Waals surface area contributed by atoms with Gasteiger partial charge in [0.2, 0.25) is 0 Å². The summed E-state index contributed by atoms with van der Waals surface area (Å²) in [6.45, 7) is 1.84. The SMILES string of the molecule is CC1=CC(OC=O)OC1=O. The summed E-state index contributed by atoms with van der Waals surface area (Å²) < 4.78 is 8.87. The molecule has 10 heavy (non-hydrogen) atoms. The van der Waals surface area contributed by atoms with Crippen LogP contribution in [0.3, 0.4) is 0 Å². The summed E-state index contributed by atoms with van der Waals surface area (Å²) in [4.78, 5) is 20.3. The molecule has 4 heteroatoms. The third kappa shape index (κ3) is 1.15. The molecule has 0 aromatic heterocycles. The van der Waals surface area contributed by atoms with E-state index >= 15 is 0 Å². The fourth-order valence-corrected chi connectivity index (χ4v) is 0.626. The van der Waals surface area contributed by atoms with Crippen molar-refractivity contribution in [3.8, 4) is 0 Å². The zero-order valence-corrected chi connectivity index (χ0v) is 5.37. The summed E-state index contributed by atoms with van der Waals surface area (Å²) in [5.41, 5.74) is 0.465. The topological polar surface area (TPSA) is 52.6 Å². The summed E-state index contributed by atoms with van der Waals surface area (Å²) in [5, 5.41) is 0. The van der Waals surface area contributed by atoms with Crippen molar-refractivity contribution >= 4 is 12.4 Å². The maximum absolute atomic E-state index is 10.6. The summed E-state index contributed by atoms with van der Waals surface area (Å²) >= 11 is 0. The Hall–Kier alpha value is -1.32. The first-order valence-electron chi connectivity index (χ1n) is 2.72. The average Bonchev–Trinajstić information content (AvgIpc) is 2.14. The molecule has 0 N–H and O–H groups in total. The highest BCUT2D eigenvalue weighted by atomic mass is 16.7. The number of esters is 1. The molecule has 1 heterocycles. The lowest BCUT2D eigenvalue weighted by Crippen LogP contribution is -2.10. The molecule has 1 atom stereocenters. The van der Waals surface area contributed by atoms with Crippen LogP contribution >= 0.6 is 0 Å². The van der Waals surface area contributed by atoms with Gasteiger partial charge in [0.25, 0.3) is 12.8 Å². The molecule has 0 fully saturated rings. The van der Waals surface area contributed by atoms with E-state index in [4.69, 9.17) is 0 Å². The molecule has 54 valence electrons. The van der Waals surface area contributed by atoms with Gasteiger partial charge >= 0.3 is 5.97 Å². The Labute approximate surface area is 57.4 Å². The molecule has 0 spiro atoms. The smallest absolute Gasteiger partial charge is 0.336 e. The zero-order valence-electron chi connectivity index (χ0n) is 5.37. The van der Waals surface area contributed by atoms with Gasteiger partial charge in [-0.3, -0.25) is 4.79 Å². The van der Waals surface area contributed by atoms with E-state index in [0.717, 1.165) is 0 Å². The van der Waals surface area contributed by atoms with Crippen LogP contribution in [0.15, 0.2) is 11.6 Å². The van der Waals surface area contributed by atoms with Crippen LogP contribution in [-0.4, -0.2) is 18.7 Å². The van der Waals surface area contributed by atoms with Crippen LogP contribution in [0, 0.1) is 0 Å². The molecule has 1 rings (SSSR count). The lowest BCUT2D eigenvalue weighted by atomic mass is 10.3. The highest BCUT2D eigenvalue weighted by molar-refractivity contribution is 5.90. The van der Waals surface area contributed by atoms with Crippen LogP contribution < -0.4 is 0 Å². The van der Waals surface area contributed by atoms with Gasteiger partial charge in [0.05, 0.1) is 0 Å². The van der Waals surface area contributed by atoms with Gasteiger partial charge in [-0.15, -0.1) is 0 Å². The number of carbonyl (C=O) groups excluding carboxylic acids is 2. The highest BCUT2D eigenvalue weighted by Gasteiger charge is 2.22. The van der Waals surface area contributed by atoms with Crippen LogP contribution in [-0.2, 0) is 19.1 Å². The molecule has 4 nitrogen and oxygen atoms in total. The summed E-state index contributed by atoms with van der Waals surface area (Å²) in [7, 11) is 0. The Bertz CT molecular complexity index is 194. The Balaban J connectivity index is 2.56. The predicted molar refractivity (Wildman–Crippen MR) is 30.8 cm³/mol. The summed E-state index contributed by atoms with van der Waals surface area (Å²) in [6, 6.07) is 0. The molecular weight excluding hydrogens is 136 g/mol. The van der Waals surface area contributed by atoms with Crippen molar-refractivity contribution in [1.29, 1.82) is 0 Å². The number of hydrogen-bond acceptors (Lipinski definition) is 4. The molecule has 0 saturated heterocycles. The second-order valence-corrected chi connectivity index (χ2v) is 1.86. The fraction of sp³-hybridized carbons (Fsp3) is 0.333. The van der Waals surface area contributed by atoms with E-state index in [9.17, 15) is 9.59 Å². The van der Waals surface area contributed by atoms with Gasteiger partial charge in [0, 0.05) is 11.6 Å². The molecule has 0 radical (unpaired) electrons. The molecule has 0 saturated carbocycles. The molecule has 0 aliphatic carbocycles. The number of ether oxygens (including phenoxy) is 2. The maximum atomic E-state index is 10.6. The summed E-state index contributed by atoms with van der Waals surface area (Å²) in [5.74, 6) is -0.438. The van der Waals surface area contributed by atoms with Crippen molar-refractivity contribution in [2.75, 3.05) is 0 Å². The lowest BCUT2D eigenvalue weighted by molar-refractivity contribution is -0.163. The minimum Gasteiger partial charge on any atom is -0.423 e. The van der Waals surface area contributed by atoms with Crippen molar-refractivity contribution in [3.63, 3.8) is 0 Å². The van der Waals surface area contributed by atoms with Crippen molar-refractivity contribution in [3.05, 3.63) is 11.6 Å². The molecular formula is C6H6O4. The quantitative estimate of drug-likeness (QED) is 0.402. The lowest BCUT2D eigenvalue weighted by Gasteiger charge is -2.02. The second kappa shape index (κ2) is 2.51. The van der Waals surface area contributed by atoms with Gasteiger partial charge in [-0.25, -0.2) is 4.79 Å². The monoisotopic (exact) mass is 142 g/mol. The molecule has 0 aromatic rings. The van der Waals surface area contributed by atoms with Gasteiger partial charge < -0.3 is 9.47 Å². The van der Waals surface area contributed by atoms with Crippen molar-refractivity contribution in [1.82, 2.24) is 0 Å². The standard InChI is InChI=1S/C6H6O4/c1-4-2-5(9-3-7)10-6(4)8/h2-3,5H,1H3. The van der Waals surface area contributed by atoms with Gasteiger partial charge in [-0.05, 0) is 6.92 Å². The van der Waals surface area contributed by atoms with Crippen LogP contribution in [0.5, 0.6) is 0 Å². The van der Waals surface area contributed by atoms with Crippen LogP contribution in [0.1, 0.15) is 6.92 Å². The predicted octanol–water partition coefficient (Wildman–Crippen LogP) is -0.0114. The third-order valence-electron chi connectivity index (χ3n) is 1.12.